The van der Waals surface area contributed by atoms with E-state index in [9.17, 15) is 17.2 Å². The van der Waals surface area contributed by atoms with Crippen LogP contribution in [0.25, 0.3) is 0 Å². The number of halogens is 2. The van der Waals surface area contributed by atoms with Crippen LogP contribution in [0.2, 0.25) is 0 Å². The maximum absolute atomic E-state index is 13.5. The molecule has 0 amide bonds. The second-order valence-electron chi connectivity index (χ2n) is 5.04. The molecule has 0 spiro atoms. The van der Waals surface area contributed by atoms with Crippen molar-refractivity contribution in [1.29, 1.82) is 0 Å². The molecule has 0 aliphatic rings. The van der Waals surface area contributed by atoms with E-state index in [0.29, 0.717) is 5.82 Å². The molecular formula is C14H16F2N4O2S. The second-order valence-corrected chi connectivity index (χ2v) is 6.85. The molecule has 0 bridgehead atoms. The topological polar surface area (TPSA) is 75.2 Å². The monoisotopic (exact) mass is 342 g/mol. The highest BCUT2D eigenvalue weighted by Crippen LogP contribution is 2.13. The Morgan fingerprint density at radius 3 is 2.65 bits per heavy atom. The molecule has 23 heavy (non-hydrogen) atoms. The number of hydrogen-bond donors (Lipinski definition) is 1. The summed E-state index contributed by atoms with van der Waals surface area (Å²) in [5, 5.41) is 0. The zero-order valence-corrected chi connectivity index (χ0v) is 13.4. The maximum Gasteiger partial charge on any atom is 0.216 e. The molecule has 0 saturated heterocycles. The van der Waals surface area contributed by atoms with E-state index in [1.54, 1.807) is 25.1 Å². The number of rotatable bonds is 6. The SMILES string of the molecule is CN(C)c1ccnc(CNS(=O)(=O)Cc2cc(F)ccc2F)n1. The van der Waals surface area contributed by atoms with E-state index in [-0.39, 0.29) is 17.9 Å². The third-order valence-electron chi connectivity index (χ3n) is 2.95. The summed E-state index contributed by atoms with van der Waals surface area (Å²) >= 11 is 0. The fourth-order valence-electron chi connectivity index (χ4n) is 1.81. The van der Waals surface area contributed by atoms with Crippen molar-refractivity contribution in [2.75, 3.05) is 19.0 Å². The van der Waals surface area contributed by atoms with Gasteiger partial charge in [0.1, 0.15) is 23.3 Å². The smallest absolute Gasteiger partial charge is 0.216 e. The molecule has 6 nitrogen and oxygen atoms in total. The first-order valence-corrected chi connectivity index (χ1v) is 8.32. The highest BCUT2D eigenvalue weighted by Gasteiger charge is 2.16. The maximum atomic E-state index is 13.5. The van der Waals surface area contributed by atoms with Gasteiger partial charge in [0, 0.05) is 25.9 Å². The number of nitrogens with one attached hydrogen (secondary N) is 1. The number of nitrogens with zero attached hydrogens (tertiary/aromatic N) is 3. The third kappa shape index (κ3) is 4.93. The van der Waals surface area contributed by atoms with Gasteiger partial charge in [-0.25, -0.2) is 31.9 Å². The quantitative estimate of drug-likeness (QED) is 0.860. The second kappa shape index (κ2) is 6.97. The van der Waals surface area contributed by atoms with E-state index < -0.39 is 27.4 Å². The lowest BCUT2D eigenvalue weighted by molar-refractivity contribution is 0.568. The minimum absolute atomic E-state index is 0.138. The molecule has 0 unspecified atom stereocenters. The Hall–Kier alpha value is -2.13. The van der Waals surface area contributed by atoms with E-state index >= 15 is 0 Å². The average Bonchev–Trinajstić information content (AvgIpc) is 2.49. The van der Waals surface area contributed by atoms with Gasteiger partial charge in [0.15, 0.2) is 0 Å². The van der Waals surface area contributed by atoms with Crippen LogP contribution in [-0.4, -0.2) is 32.5 Å². The van der Waals surface area contributed by atoms with Gasteiger partial charge in [-0.2, -0.15) is 0 Å². The van der Waals surface area contributed by atoms with Gasteiger partial charge in [0.25, 0.3) is 0 Å². The first-order valence-electron chi connectivity index (χ1n) is 6.67. The minimum Gasteiger partial charge on any atom is -0.363 e. The van der Waals surface area contributed by atoms with Gasteiger partial charge < -0.3 is 4.90 Å². The Morgan fingerprint density at radius 1 is 1.22 bits per heavy atom. The van der Waals surface area contributed by atoms with Crippen LogP contribution in [0, 0.1) is 11.6 Å². The van der Waals surface area contributed by atoms with Crippen molar-refractivity contribution in [1.82, 2.24) is 14.7 Å². The summed E-state index contributed by atoms with van der Waals surface area (Å²) in [6.45, 7) is -0.138. The van der Waals surface area contributed by atoms with Crippen molar-refractivity contribution in [2.24, 2.45) is 0 Å². The van der Waals surface area contributed by atoms with Gasteiger partial charge in [-0.3, -0.25) is 0 Å². The van der Waals surface area contributed by atoms with Crippen LogP contribution in [0.1, 0.15) is 11.4 Å². The van der Waals surface area contributed by atoms with Gasteiger partial charge in [0.2, 0.25) is 10.0 Å². The number of aromatic nitrogens is 2. The molecule has 0 atom stereocenters. The standard InChI is InChI=1S/C14H16F2N4O2S/c1-20(2)14-5-6-17-13(19-14)8-18-23(21,22)9-10-7-11(15)3-4-12(10)16/h3-7,18H,8-9H2,1-2H3. The van der Waals surface area contributed by atoms with Gasteiger partial charge in [-0.15, -0.1) is 0 Å². The molecule has 0 aliphatic heterocycles. The van der Waals surface area contributed by atoms with Gasteiger partial charge in [-0.05, 0) is 24.3 Å². The van der Waals surface area contributed by atoms with E-state index in [1.165, 1.54) is 6.20 Å². The molecule has 0 fully saturated rings. The first kappa shape index (κ1) is 17.2. The third-order valence-corrected chi connectivity index (χ3v) is 4.23. The van der Waals surface area contributed by atoms with Crippen LogP contribution in [-0.2, 0) is 22.3 Å². The Kier molecular flexibility index (Phi) is 5.22. The molecule has 9 heteroatoms. The summed E-state index contributed by atoms with van der Waals surface area (Å²) in [4.78, 5) is 9.88. The van der Waals surface area contributed by atoms with E-state index in [1.807, 2.05) is 0 Å². The van der Waals surface area contributed by atoms with Crippen LogP contribution in [0.3, 0.4) is 0 Å². The molecule has 1 heterocycles. The van der Waals surface area contributed by atoms with Crippen molar-refractivity contribution in [2.45, 2.75) is 12.3 Å². The normalized spacial score (nSPS) is 11.5. The number of hydrogen-bond acceptors (Lipinski definition) is 5. The summed E-state index contributed by atoms with van der Waals surface area (Å²) < 4.78 is 52.9. The van der Waals surface area contributed by atoms with E-state index in [0.717, 1.165) is 18.2 Å². The van der Waals surface area contributed by atoms with Crippen LogP contribution < -0.4 is 9.62 Å². The zero-order valence-electron chi connectivity index (χ0n) is 12.6. The predicted octanol–water partition coefficient (Wildman–Crippen LogP) is 1.44. The predicted molar refractivity (Wildman–Crippen MR) is 82.2 cm³/mol. The Balaban J connectivity index is 2.07. The Bertz CT molecular complexity index is 797. The van der Waals surface area contributed by atoms with Crippen LogP contribution >= 0.6 is 0 Å². The van der Waals surface area contributed by atoms with Gasteiger partial charge in [0.05, 0.1) is 12.3 Å². The molecule has 2 aromatic rings. The fourth-order valence-corrected chi connectivity index (χ4v) is 2.89. The summed E-state index contributed by atoms with van der Waals surface area (Å²) in [5.74, 6) is -1.23. The Labute approximate surface area is 133 Å². The van der Waals surface area contributed by atoms with Crippen molar-refractivity contribution < 1.29 is 17.2 Å². The van der Waals surface area contributed by atoms with Crippen molar-refractivity contribution in [3.05, 3.63) is 53.5 Å². The lowest BCUT2D eigenvalue weighted by Gasteiger charge is -2.12. The zero-order chi connectivity index (χ0) is 17.0. The summed E-state index contributed by atoms with van der Waals surface area (Å²) in [6.07, 6.45) is 1.51. The summed E-state index contributed by atoms with van der Waals surface area (Å²) in [6, 6.07) is 4.36. The van der Waals surface area contributed by atoms with Crippen LogP contribution in [0.15, 0.2) is 30.5 Å². The van der Waals surface area contributed by atoms with E-state index in [2.05, 4.69) is 14.7 Å². The average molecular weight is 342 g/mol. The number of benzene rings is 1. The molecule has 0 aliphatic carbocycles. The van der Waals surface area contributed by atoms with Crippen LogP contribution in [0.4, 0.5) is 14.6 Å². The lowest BCUT2D eigenvalue weighted by Crippen LogP contribution is -2.26. The number of anilines is 1. The van der Waals surface area contributed by atoms with Crippen molar-refractivity contribution in [3.8, 4) is 0 Å². The van der Waals surface area contributed by atoms with Crippen molar-refractivity contribution >= 4 is 15.8 Å². The first-order chi connectivity index (χ1) is 10.8. The largest absolute Gasteiger partial charge is 0.363 e. The van der Waals surface area contributed by atoms with Crippen LogP contribution in [0.5, 0.6) is 0 Å². The molecular weight excluding hydrogens is 326 g/mol. The summed E-state index contributed by atoms with van der Waals surface area (Å²) in [7, 11) is -0.266. The highest BCUT2D eigenvalue weighted by atomic mass is 32.2. The molecule has 2 rings (SSSR count). The molecule has 0 saturated carbocycles. The Morgan fingerprint density at radius 2 is 1.96 bits per heavy atom. The highest BCUT2D eigenvalue weighted by molar-refractivity contribution is 7.88. The molecule has 1 aromatic carbocycles. The van der Waals surface area contributed by atoms with Crippen molar-refractivity contribution in [3.63, 3.8) is 0 Å². The lowest BCUT2D eigenvalue weighted by atomic mass is 10.2. The van der Waals surface area contributed by atoms with Gasteiger partial charge in [-0.1, -0.05) is 0 Å². The molecule has 0 radical (unpaired) electrons. The number of sulfonamides is 1. The fraction of sp³-hybridized carbons (Fsp3) is 0.286. The molecule has 1 aromatic heterocycles. The molecule has 124 valence electrons. The van der Waals surface area contributed by atoms with E-state index in [4.69, 9.17) is 0 Å². The minimum atomic E-state index is -3.86. The summed E-state index contributed by atoms with van der Waals surface area (Å²) in [5.41, 5.74) is -0.236. The van der Waals surface area contributed by atoms with Gasteiger partial charge >= 0.3 is 0 Å². The molecule has 1 N–H and O–H groups in total.